The van der Waals surface area contributed by atoms with Gasteiger partial charge in [0.05, 0.1) is 11.0 Å². The van der Waals surface area contributed by atoms with Crippen LogP contribution in [0.1, 0.15) is 36.0 Å². The lowest BCUT2D eigenvalue weighted by atomic mass is 9.99. The summed E-state index contributed by atoms with van der Waals surface area (Å²) in [7, 11) is 0. The summed E-state index contributed by atoms with van der Waals surface area (Å²) >= 11 is 0. The van der Waals surface area contributed by atoms with Gasteiger partial charge in [0.1, 0.15) is 0 Å². The van der Waals surface area contributed by atoms with E-state index in [4.69, 9.17) is 4.74 Å². The number of rotatable bonds is 4. The maximum absolute atomic E-state index is 12.2. The van der Waals surface area contributed by atoms with E-state index in [0.29, 0.717) is 12.5 Å². The van der Waals surface area contributed by atoms with Crippen molar-refractivity contribution < 1.29 is 19.6 Å². The quantitative estimate of drug-likeness (QED) is 0.654. The highest BCUT2D eigenvalue weighted by Gasteiger charge is 2.36. The second-order valence-electron chi connectivity index (χ2n) is 5.90. The second kappa shape index (κ2) is 5.92. The molecule has 7 nitrogen and oxygen atoms in total. The molecule has 1 aromatic rings. The molecule has 1 saturated carbocycles. The van der Waals surface area contributed by atoms with Crippen LogP contribution in [-0.4, -0.2) is 34.7 Å². The number of amides is 1. The Bertz CT molecular complexity index is 600. The number of ether oxygens (including phenoxy) is 1. The summed E-state index contributed by atoms with van der Waals surface area (Å²) in [5, 5.41) is 23.1. The number of phenolic OH excluding ortho intramolecular Hbond substituents is 1. The van der Waals surface area contributed by atoms with Crippen LogP contribution < -0.4 is 5.32 Å². The summed E-state index contributed by atoms with van der Waals surface area (Å²) < 4.78 is 5.71. The van der Waals surface area contributed by atoms with Gasteiger partial charge < -0.3 is 15.2 Å². The summed E-state index contributed by atoms with van der Waals surface area (Å²) in [5.74, 6) is -0.180. The number of nitrogens with one attached hydrogen (secondary N) is 1. The first kappa shape index (κ1) is 14.8. The van der Waals surface area contributed by atoms with E-state index >= 15 is 0 Å². The summed E-state index contributed by atoms with van der Waals surface area (Å²) in [4.78, 5) is 22.3. The lowest BCUT2D eigenvalue weighted by molar-refractivity contribution is -0.385. The standard InChI is InChI=1S/C15H18N2O5/c18-13-4-3-10(7-12(13)17(20)21)15(19)16-11-5-6-22-14(8-11)9-1-2-9/h3-4,7,9,11,14,18H,1-2,5-6,8H2,(H,16,19)/t11-,14-/m0/s1. The van der Waals surface area contributed by atoms with Crippen molar-refractivity contribution in [2.45, 2.75) is 37.8 Å². The van der Waals surface area contributed by atoms with Crippen LogP contribution in [0.2, 0.25) is 0 Å². The molecule has 1 heterocycles. The molecular weight excluding hydrogens is 288 g/mol. The fourth-order valence-electron chi connectivity index (χ4n) is 2.84. The van der Waals surface area contributed by atoms with Crippen LogP contribution in [0.3, 0.4) is 0 Å². The molecule has 118 valence electrons. The van der Waals surface area contributed by atoms with Gasteiger partial charge in [-0.2, -0.15) is 0 Å². The van der Waals surface area contributed by atoms with Crippen LogP contribution in [0.15, 0.2) is 18.2 Å². The van der Waals surface area contributed by atoms with Crippen LogP contribution in [-0.2, 0) is 4.74 Å². The van der Waals surface area contributed by atoms with E-state index in [-0.39, 0.29) is 23.6 Å². The van der Waals surface area contributed by atoms with Gasteiger partial charge >= 0.3 is 5.69 Å². The first-order valence-electron chi connectivity index (χ1n) is 7.44. The van der Waals surface area contributed by atoms with Crippen molar-refractivity contribution in [3.63, 3.8) is 0 Å². The molecular formula is C15H18N2O5. The molecule has 0 aromatic heterocycles. The molecule has 1 amide bonds. The molecule has 2 aliphatic rings. The predicted octanol–water partition coefficient (Wildman–Crippen LogP) is 1.99. The Morgan fingerprint density at radius 3 is 2.82 bits per heavy atom. The van der Waals surface area contributed by atoms with Gasteiger partial charge in [0.15, 0.2) is 5.75 Å². The van der Waals surface area contributed by atoms with Crippen LogP contribution >= 0.6 is 0 Å². The SMILES string of the molecule is O=C(N[C@H]1CCO[C@H](C2CC2)C1)c1ccc(O)c([N+](=O)[O-])c1. The maximum Gasteiger partial charge on any atom is 0.311 e. The van der Waals surface area contributed by atoms with Gasteiger partial charge in [-0.25, -0.2) is 0 Å². The van der Waals surface area contributed by atoms with E-state index in [1.165, 1.54) is 25.0 Å². The highest BCUT2D eigenvalue weighted by atomic mass is 16.6. The minimum absolute atomic E-state index is 0.0275. The maximum atomic E-state index is 12.2. The third-order valence-electron chi connectivity index (χ3n) is 4.23. The number of hydrogen-bond donors (Lipinski definition) is 2. The van der Waals surface area contributed by atoms with Gasteiger partial charge in [0.25, 0.3) is 5.91 Å². The average molecular weight is 306 g/mol. The molecule has 2 fully saturated rings. The molecule has 22 heavy (non-hydrogen) atoms. The van der Waals surface area contributed by atoms with Crippen molar-refractivity contribution in [3.8, 4) is 5.75 Å². The van der Waals surface area contributed by atoms with Gasteiger partial charge in [0.2, 0.25) is 0 Å². The Labute approximate surface area is 127 Å². The van der Waals surface area contributed by atoms with Gasteiger partial charge in [0, 0.05) is 24.3 Å². The third kappa shape index (κ3) is 3.19. The van der Waals surface area contributed by atoms with Crippen molar-refractivity contribution in [3.05, 3.63) is 33.9 Å². The summed E-state index contributed by atoms with van der Waals surface area (Å²) in [6, 6.07) is 3.68. The van der Waals surface area contributed by atoms with Crippen LogP contribution in [0, 0.1) is 16.0 Å². The fraction of sp³-hybridized carbons (Fsp3) is 0.533. The Morgan fingerprint density at radius 2 is 2.14 bits per heavy atom. The largest absolute Gasteiger partial charge is 0.502 e. The number of hydrogen-bond acceptors (Lipinski definition) is 5. The number of carbonyl (C=O) groups is 1. The van der Waals surface area contributed by atoms with E-state index in [9.17, 15) is 20.0 Å². The smallest absolute Gasteiger partial charge is 0.311 e. The number of aromatic hydroxyl groups is 1. The highest BCUT2D eigenvalue weighted by molar-refractivity contribution is 5.95. The third-order valence-corrected chi connectivity index (χ3v) is 4.23. The monoisotopic (exact) mass is 306 g/mol. The first-order valence-corrected chi connectivity index (χ1v) is 7.44. The highest BCUT2D eigenvalue weighted by Crippen LogP contribution is 2.38. The minimum Gasteiger partial charge on any atom is -0.502 e. The molecule has 0 radical (unpaired) electrons. The minimum atomic E-state index is -0.705. The molecule has 0 bridgehead atoms. The topological polar surface area (TPSA) is 102 Å². The van der Waals surface area contributed by atoms with Crippen molar-refractivity contribution in [1.82, 2.24) is 5.32 Å². The van der Waals surface area contributed by atoms with E-state index in [0.717, 1.165) is 18.9 Å². The van der Waals surface area contributed by atoms with Crippen LogP contribution in [0.5, 0.6) is 5.75 Å². The lowest BCUT2D eigenvalue weighted by Crippen LogP contribution is -2.42. The number of nitrogens with zero attached hydrogens (tertiary/aromatic N) is 1. The number of nitro benzene ring substituents is 1. The van der Waals surface area contributed by atoms with E-state index in [2.05, 4.69) is 5.32 Å². The normalized spacial score (nSPS) is 24.7. The van der Waals surface area contributed by atoms with Crippen LogP contribution in [0.25, 0.3) is 0 Å². The van der Waals surface area contributed by atoms with E-state index < -0.39 is 16.4 Å². The zero-order valence-electron chi connectivity index (χ0n) is 12.0. The molecule has 3 rings (SSSR count). The zero-order chi connectivity index (χ0) is 15.7. The molecule has 1 aromatic carbocycles. The molecule has 2 atom stereocenters. The molecule has 1 aliphatic carbocycles. The zero-order valence-corrected chi connectivity index (χ0v) is 12.0. The Morgan fingerprint density at radius 1 is 1.36 bits per heavy atom. The Kier molecular flexibility index (Phi) is 3.98. The molecule has 2 N–H and O–H groups in total. The number of benzene rings is 1. The van der Waals surface area contributed by atoms with Crippen molar-refractivity contribution in [2.24, 2.45) is 5.92 Å². The van der Waals surface area contributed by atoms with Crippen LogP contribution in [0.4, 0.5) is 5.69 Å². The molecule has 0 spiro atoms. The Hall–Kier alpha value is -2.15. The first-order chi connectivity index (χ1) is 10.5. The van der Waals surface area contributed by atoms with Gasteiger partial charge in [-0.1, -0.05) is 0 Å². The van der Waals surface area contributed by atoms with Gasteiger partial charge in [-0.05, 0) is 43.7 Å². The summed E-state index contributed by atoms with van der Waals surface area (Å²) in [6.45, 7) is 0.627. The van der Waals surface area contributed by atoms with Crippen molar-refractivity contribution in [2.75, 3.05) is 6.61 Å². The van der Waals surface area contributed by atoms with E-state index in [1.54, 1.807) is 0 Å². The summed E-state index contributed by atoms with van der Waals surface area (Å²) in [5.41, 5.74) is -0.283. The van der Waals surface area contributed by atoms with Gasteiger partial charge in [-0.15, -0.1) is 0 Å². The Balaban J connectivity index is 1.66. The van der Waals surface area contributed by atoms with E-state index in [1.807, 2.05) is 0 Å². The van der Waals surface area contributed by atoms with Gasteiger partial charge in [-0.3, -0.25) is 14.9 Å². The fourth-order valence-corrected chi connectivity index (χ4v) is 2.84. The number of carbonyl (C=O) groups excluding carboxylic acids is 1. The second-order valence-corrected chi connectivity index (χ2v) is 5.90. The van der Waals surface area contributed by atoms with Crippen molar-refractivity contribution >= 4 is 11.6 Å². The van der Waals surface area contributed by atoms with Crippen molar-refractivity contribution in [1.29, 1.82) is 0 Å². The molecule has 0 unspecified atom stereocenters. The summed E-state index contributed by atoms with van der Waals surface area (Å²) in [6.07, 6.45) is 4.13. The average Bonchev–Trinajstić information content (AvgIpc) is 3.32. The molecule has 1 aliphatic heterocycles. The lowest BCUT2D eigenvalue weighted by Gasteiger charge is -2.30. The number of nitro groups is 1. The molecule has 1 saturated heterocycles. The number of phenols is 1. The predicted molar refractivity (Wildman–Crippen MR) is 77.7 cm³/mol. The molecule has 7 heteroatoms.